The van der Waals surface area contributed by atoms with E-state index in [1.54, 1.807) is 0 Å². The molecule has 2 nitrogen and oxygen atoms in total. The molecule has 11 rings (SSSR count). The van der Waals surface area contributed by atoms with Crippen molar-refractivity contribution >= 4 is 78.8 Å². The lowest BCUT2D eigenvalue weighted by atomic mass is 9.28. The van der Waals surface area contributed by atoms with Gasteiger partial charge in [0, 0.05) is 39.5 Å². The van der Waals surface area contributed by atoms with Crippen molar-refractivity contribution in [3.63, 3.8) is 0 Å². The first kappa shape index (κ1) is 27.9. The lowest BCUT2D eigenvalue weighted by Gasteiger charge is -2.51. The lowest BCUT2D eigenvalue weighted by Crippen LogP contribution is -2.67. The van der Waals surface area contributed by atoms with E-state index in [0.29, 0.717) is 0 Å². The van der Waals surface area contributed by atoms with Crippen molar-refractivity contribution in [2.45, 2.75) is 19.3 Å². The molecule has 8 aromatic carbocycles. The van der Waals surface area contributed by atoms with Gasteiger partial charge in [0.05, 0.1) is 0 Å². The van der Waals surface area contributed by atoms with Gasteiger partial charge in [-0.05, 0) is 123 Å². The number of rotatable bonds is 3. The van der Waals surface area contributed by atoms with E-state index in [4.69, 9.17) is 0 Å². The van der Waals surface area contributed by atoms with Gasteiger partial charge < -0.3 is 9.80 Å². The molecule has 3 aliphatic heterocycles. The van der Waals surface area contributed by atoms with E-state index in [2.05, 4.69) is 187 Å². The average molecular weight is 637 g/mol. The van der Waals surface area contributed by atoms with E-state index in [1.165, 1.54) is 94.3 Å². The van der Waals surface area contributed by atoms with Crippen molar-refractivity contribution in [2.24, 2.45) is 0 Å². The second-order valence-electron chi connectivity index (χ2n) is 14.4. The Hall–Kier alpha value is -6.06. The number of anilines is 6. The molecule has 0 bridgehead atoms. The number of hydrogen-bond donors (Lipinski definition) is 0. The van der Waals surface area contributed by atoms with E-state index in [0.717, 1.165) is 0 Å². The minimum Gasteiger partial charge on any atom is -0.311 e. The summed E-state index contributed by atoms with van der Waals surface area (Å²) < 4.78 is 0. The van der Waals surface area contributed by atoms with Crippen molar-refractivity contribution in [3.8, 4) is 0 Å². The maximum atomic E-state index is 2.55. The molecular formula is C47H33BN2. The van der Waals surface area contributed by atoms with E-state index in [-0.39, 0.29) is 12.1 Å². The fourth-order valence-electron chi connectivity index (χ4n) is 9.51. The molecule has 0 saturated heterocycles. The highest BCUT2D eigenvalue weighted by atomic mass is 15.2. The second kappa shape index (κ2) is 9.99. The summed E-state index contributed by atoms with van der Waals surface area (Å²) in [5.41, 5.74) is 16.7. The van der Waals surface area contributed by atoms with Crippen molar-refractivity contribution in [3.05, 3.63) is 186 Å². The molecule has 3 aliphatic rings. The fraction of sp³-hybridized carbons (Fsp3) is 0.0638. The van der Waals surface area contributed by atoms with Crippen LogP contribution in [0.2, 0.25) is 0 Å². The van der Waals surface area contributed by atoms with Gasteiger partial charge in [0.1, 0.15) is 0 Å². The van der Waals surface area contributed by atoms with Crippen molar-refractivity contribution in [1.29, 1.82) is 0 Å². The van der Waals surface area contributed by atoms with E-state index in [1.807, 2.05) is 0 Å². The van der Waals surface area contributed by atoms with Gasteiger partial charge in [-0.15, -0.1) is 0 Å². The Labute approximate surface area is 293 Å². The SMILES string of the molecule is Cc1cc2c3c(c1)N(c1ccc4ccccc4c1)c1cccc4c1B3c1c(cccc1C4(C)c1ccccc1)N2c1ccc2ccccc2c1. The first-order chi connectivity index (χ1) is 24.6. The predicted molar refractivity (Wildman–Crippen MR) is 212 cm³/mol. The monoisotopic (exact) mass is 636 g/mol. The maximum absolute atomic E-state index is 2.55. The molecule has 0 amide bonds. The van der Waals surface area contributed by atoms with Crippen LogP contribution in [0.4, 0.5) is 34.1 Å². The van der Waals surface area contributed by atoms with Crippen LogP contribution in [0.3, 0.4) is 0 Å². The zero-order chi connectivity index (χ0) is 33.1. The Bertz CT molecular complexity index is 2550. The Balaban J connectivity index is 1.29. The average Bonchev–Trinajstić information content (AvgIpc) is 3.16. The lowest BCUT2D eigenvalue weighted by molar-refractivity contribution is 0.697. The number of aryl methyl sites for hydroxylation is 1. The fourth-order valence-corrected chi connectivity index (χ4v) is 9.51. The third kappa shape index (κ3) is 3.59. The van der Waals surface area contributed by atoms with Crippen LogP contribution < -0.4 is 26.2 Å². The molecule has 50 heavy (non-hydrogen) atoms. The third-order valence-corrected chi connectivity index (χ3v) is 11.7. The third-order valence-electron chi connectivity index (χ3n) is 11.7. The molecule has 0 fully saturated rings. The van der Waals surface area contributed by atoms with Gasteiger partial charge in [-0.2, -0.15) is 0 Å². The topological polar surface area (TPSA) is 6.48 Å². The zero-order valence-electron chi connectivity index (χ0n) is 28.1. The molecular weight excluding hydrogens is 603 g/mol. The molecule has 0 saturated carbocycles. The summed E-state index contributed by atoms with van der Waals surface area (Å²) in [4.78, 5) is 5.10. The number of nitrogens with zero attached hydrogens (tertiary/aromatic N) is 2. The first-order valence-electron chi connectivity index (χ1n) is 17.6. The van der Waals surface area contributed by atoms with E-state index >= 15 is 0 Å². The highest BCUT2D eigenvalue weighted by molar-refractivity contribution is 7.01. The number of hydrogen-bond acceptors (Lipinski definition) is 2. The quantitative estimate of drug-likeness (QED) is 0.178. The molecule has 0 aliphatic carbocycles. The second-order valence-corrected chi connectivity index (χ2v) is 14.4. The van der Waals surface area contributed by atoms with Crippen molar-refractivity contribution in [1.82, 2.24) is 0 Å². The normalized spacial score (nSPS) is 14.6. The summed E-state index contributed by atoms with van der Waals surface area (Å²) in [6, 6.07) is 61.3. The molecule has 8 aromatic rings. The summed E-state index contributed by atoms with van der Waals surface area (Å²) in [5.74, 6) is 0. The van der Waals surface area contributed by atoms with Crippen molar-refractivity contribution in [2.75, 3.05) is 9.80 Å². The zero-order valence-corrected chi connectivity index (χ0v) is 28.1. The molecule has 234 valence electrons. The van der Waals surface area contributed by atoms with Crippen LogP contribution in [0.1, 0.15) is 29.2 Å². The molecule has 3 heteroatoms. The standard InChI is InChI=1S/C47H33BN2/c1-30-26-42-46-43(27-30)50(37-25-23-32-13-7-9-15-34(32)29-37)41-21-11-19-39-45(41)48(46)44-38(47(39,2)35-16-4-3-5-17-35)18-10-20-40(44)49(42)36-24-22-31-12-6-8-14-33(31)28-36/h3-29H,1-2H3. The minimum absolute atomic E-state index is 0.114. The first-order valence-corrected chi connectivity index (χ1v) is 17.6. The van der Waals surface area contributed by atoms with Crippen LogP contribution in [0, 0.1) is 6.92 Å². The minimum atomic E-state index is -0.349. The summed E-state index contributed by atoms with van der Waals surface area (Å²) in [6.07, 6.45) is 0. The Morgan fingerprint density at radius 2 is 0.900 bits per heavy atom. The van der Waals surface area contributed by atoms with Gasteiger partial charge in [0.25, 0.3) is 6.71 Å². The van der Waals surface area contributed by atoms with Crippen LogP contribution in [-0.2, 0) is 5.41 Å². The van der Waals surface area contributed by atoms with Gasteiger partial charge in [-0.1, -0.05) is 115 Å². The molecule has 0 radical (unpaired) electrons. The van der Waals surface area contributed by atoms with E-state index < -0.39 is 0 Å². The Kier molecular flexibility index (Phi) is 5.57. The van der Waals surface area contributed by atoms with Gasteiger partial charge in [-0.3, -0.25) is 0 Å². The number of benzene rings is 8. The van der Waals surface area contributed by atoms with Crippen LogP contribution in [0.5, 0.6) is 0 Å². The largest absolute Gasteiger partial charge is 0.311 e. The Morgan fingerprint density at radius 3 is 1.42 bits per heavy atom. The summed E-state index contributed by atoms with van der Waals surface area (Å²) in [6.45, 7) is 4.81. The van der Waals surface area contributed by atoms with Crippen LogP contribution in [0.15, 0.2) is 164 Å². The summed E-state index contributed by atoms with van der Waals surface area (Å²) in [7, 11) is 0. The molecule has 0 N–H and O–H groups in total. The van der Waals surface area contributed by atoms with Crippen molar-refractivity contribution < 1.29 is 0 Å². The highest BCUT2D eigenvalue weighted by Gasteiger charge is 2.52. The molecule has 0 unspecified atom stereocenters. The number of fused-ring (bicyclic) bond motifs is 2. The van der Waals surface area contributed by atoms with Gasteiger partial charge in [-0.25, -0.2) is 0 Å². The summed E-state index contributed by atoms with van der Waals surface area (Å²) in [5, 5.41) is 5.01. The van der Waals surface area contributed by atoms with Crippen LogP contribution in [0.25, 0.3) is 21.5 Å². The molecule has 0 atom stereocenters. The highest BCUT2D eigenvalue weighted by Crippen LogP contribution is 2.51. The maximum Gasteiger partial charge on any atom is 0.252 e. The Morgan fingerprint density at radius 1 is 0.420 bits per heavy atom. The van der Waals surface area contributed by atoms with Gasteiger partial charge >= 0.3 is 0 Å². The molecule has 0 spiro atoms. The van der Waals surface area contributed by atoms with Gasteiger partial charge in [0.15, 0.2) is 0 Å². The van der Waals surface area contributed by atoms with E-state index in [9.17, 15) is 0 Å². The summed E-state index contributed by atoms with van der Waals surface area (Å²) >= 11 is 0. The molecule has 3 heterocycles. The smallest absolute Gasteiger partial charge is 0.252 e. The predicted octanol–water partition coefficient (Wildman–Crippen LogP) is 10.1. The van der Waals surface area contributed by atoms with Crippen LogP contribution >= 0.6 is 0 Å². The van der Waals surface area contributed by atoms with Crippen LogP contribution in [-0.4, -0.2) is 6.71 Å². The molecule has 0 aromatic heterocycles. The van der Waals surface area contributed by atoms with Gasteiger partial charge in [0.2, 0.25) is 0 Å².